The summed E-state index contributed by atoms with van der Waals surface area (Å²) in [4.78, 5) is 0. The van der Waals surface area contributed by atoms with Crippen LogP contribution in [0.1, 0.15) is 11.1 Å². The second-order valence-electron chi connectivity index (χ2n) is 2.99. The van der Waals surface area contributed by atoms with Gasteiger partial charge in [-0.2, -0.15) is 0 Å². The Balaban J connectivity index is 3.13. The molecule has 2 N–H and O–H groups in total. The third-order valence-electron chi connectivity index (χ3n) is 1.93. The first-order valence-electron chi connectivity index (χ1n) is 4.39. The SMILES string of the molecule is COc1cc(C)c(F)c(/C=C/CN)c1. The summed E-state index contributed by atoms with van der Waals surface area (Å²) in [5.74, 6) is 0.427. The van der Waals surface area contributed by atoms with Crippen LogP contribution in [0.5, 0.6) is 5.75 Å². The molecular formula is C11H14FNO. The molecule has 1 rings (SSSR count). The predicted octanol–water partition coefficient (Wildman–Crippen LogP) is 2.11. The lowest BCUT2D eigenvalue weighted by Crippen LogP contribution is -1.94. The Kier molecular flexibility index (Phi) is 3.65. The van der Waals surface area contributed by atoms with Crippen molar-refractivity contribution in [3.63, 3.8) is 0 Å². The second-order valence-corrected chi connectivity index (χ2v) is 2.99. The molecule has 2 nitrogen and oxygen atoms in total. The molecule has 0 aliphatic heterocycles. The van der Waals surface area contributed by atoms with Crippen molar-refractivity contribution < 1.29 is 9.13 Å². The molecule has 0 spiro atoms. The van der Waals surface area contributed by atoms with Gasteiger partial charge in [-0.1, -0.05) is 12.2 Å². The highest BCUT2D eigenvalue weighted by Gasteiger charge is 2.05. The maximum Gasteiger partial charge on any atom is 0.133 e. The van der Waals surface area contributed by atoms with Crippen molar-refractivity contribution in [3.8, 4) is 5.75 Å². The summed E-state index contributed by atoms with van der Waals surface area (Å²) in [7, 11) is 1.56. The van der Waals surface area contributed by atoms with Crippen molar-refractivity contribution in [2.45, 2.75) is 6.92 Å². The molecule has 0 atom stereocenters. The number of hydrogen-bond acceptors (Lipinski definition) is 2. The molecule has 0 amide bonds. The fraction of sp³-hybridized carbons (Fsp3) is 0.273. The number of benzene rings is 1. The highest BCUT2D eigenvalue weighted by atomic mass is 19.1. The number of nitrogens with two attached hydrogens (primary N) is 1. The topological polar surface area (TPSA) is 35.2 Å². The molecule has 1 aromatic carbocycles. The molecule has 3 heteroatoms. The Hall–Kier alpha value is -1.35. The summed E-state index contributed by atoms with van der Waals surface area (Å²) in [5.41, 5.74) is 6.37. The molecule has 0 bridgehead atoms. The average Bonchev–Trinajstić information content (AvgIpc) is 2.20. The van der Waals surface area contributed by atoms with Crippen LogP contribution in [-0.4, -0.2) is 13.7 Å². The Morgan fingerprint density at radius 2 is 2.21 bits per heavy atom. The molecule has 76 valence electrons. The van der Waals surface area contributed by atoms with Gasteiger partial charge in [0.05, 0.1) is 7.11 Å². The predicted molar refractivity (Wildman–Crippen MR) is 55.8 cm³/mol. The fourth-order valence-electron chi connectivity index (χ4n) is 1.20. The van der Waals surface area contributed by atoms with Crippen LogP contribution < -0.4 is 10.5 Å². The van der Waals surface area contributed by atoms with E-state index in [9.17, 15) is 4.39 Å². The van der Waals surface area contributed by atoms with Gasteiger partial charge in [-0.15, -0.1) is 0 Å². The number of halogens is 1. The summed E-state index contributed by atoms with van der Waals surface area (Å²) in [5, 5.41) is 0. The van der Waals surface area contributed by atoms with E-state index in [0.29, 0.717) is 23.4 Å². The largest absolute Gasteiger partial charge is 0.497 e. The molecule has 0 aromatic heterocycles. The van der Waals surface area contributed by atoms with E-state index in [1.54, 1.807) is 38.3 Å². The normalized spacial score (nSPS) is 10.9. The van der Waals surface area contributed by atoms with Gasteiger partial charge in [0, 0.05) is 12.1 Å². The van der Waals surface area contributed by atoms with Crippen molar-refractivity contribution in [2.75, 3.05) is 13.7 Å². The zero-order valence-corrected chi connectivity index (χ0v) is 8.38. The highest BCUT2D eigenvalue weighted by molar-refractivity contribution is 5.54. The van der Waals surface area contributed by atoms with E-state index < -0.39 is 0 Å². The second kappa shape index (κ2) is 4.77. The molecule has 0 unspecified atom stereocenters. The minimum Gasteiger partial charge on any atom is -0.497 e. The first-order valence-corrected chi connectivity index (χ1v) is 4.39. The van der Waals surface area contributed by atoms with E-state index >= 15 is 0 Å². The molecule has 1 aromatic rings. The van der Waals surface area contributed by atoms with Crippen molar-refractivity contribution in [1.82, 2.24) is 0 Å². The molecule has 0 saturated carbocycles. The molecule has 0 heterocycles. The van der Waals surface area contributed by atoms with Gasteiger partial charge in [-0.3, -0.25) is 0 Å². The Morgan fingerprint density at radius 3 is 2.79 bits per heavy atom. The maximum absolute atomic E-state index is 13.5. The number of rotatable bonds is 3. The van der Waals surface area contributed by atoms with E-state index in [4.69, 9.17) is 10.5 Å². The van der Waals surface area contributed by atoms with Crippen LogP contribution >= 0.6 is 0 Å². The molecule has 0 aliphatic carbocycles. The van der Waals surface area contributed by atoms with Crippen molar-refractivity contribution in [1.29, 1.82) is 0 Å². The van der Waals surface area contributed by atoms with Gasteiger partial charge in [0.25, 0.3) is 0 Å². The molecule has 0 fully saturated rings. The van der Waals surface area contributed by atoms with Crippen molar-refractivity contribution in [3.05, 3.63) is 35.2 Å². The highest BCUT2D eigenvalue weighted by Crippen LogP contribution is 2.21. The molecule has 0 radical (unpaired) electrons. The van der Waals surface area contributed by atoms with E-state index in [1.807, 2.05) is 0 Å². The summed E-state index contributed by atoms with van der Waals surface area (Å²) in [6.45, 7) is 2.10. The van der Waals surface area contributed by atoms with Crippen molar-refractivity contribution >= 4 is 6.08 Å². The number of methoxy groups -OCH3 is 1. The van der Waals surface area contributed by atoms with Crippen LogP contribution in [0.3, 0.4) is 0 Å². The van der Waals surface area contributed by atoms with Crippen LogP contribution in [0.15, 0.2) is 18.2 Å². The zero-order chi connectivity index (χ0) is 10.6. The van der Waals surface area contributed by atoms with Gasteiger partial charge in [0.1, 0.15) is 11.6 Å². The van der Waals surface area contributed by atoms with Crippen LogP contribution in [0.25, 0.3) is 6.08 Å². The maximum atomic E-state index is 13.5. The summed E-state index contributed by atoms with van der Waals surface area (Å²) in [6.07, 6.45) is 3.36. The van der Waals surface area contributed by atoms with Crippen LogP contribution in [0, 0.1) is 12.7 Å². The van der Waals surface area contributed by atoms with E-state index in [0.717, 1.165) is 0 Å². The molecule has 0 aliphatic rings. The molecule has 14 heavy (non-hydrogen) atoms. The van der Waals surface area contributed by atoms with Gasteiger partial charge in [-0.05, 0) is 24.6 Å². The van der Waals surface area contributed by atoms with Crippen molar-refractivity contribution in [2.24, 2.45) is 5.73 Å². The Labute approximate surface area is 83.2 Å². The third kappa shape index (κ3) is 2.33. The summed E-state index contributed by atoms with van der Waals surface area (Å²) in [6, 6.07) is 3.31. The number of hydrogen-bond donors (Lipinski definition) is 1. The zero-order valence-electron chi connectivity index (χ0n) is 8.38. The Morgan fingerprint density at radius 1 is 1.50 bits per heavy atom. The van der Waals surface area contributed by atoms with Gasteiger partial charge in [-0.25, -0.2) is 4.39 Å². The van der Waals surface area contributed by atoms with E-state index in [1.165, 1.54) is 0 Å². The standard InChI is InChI=1S/C11H14FNO/c1-8-6-10(14-2)7-9(11(8)12)4-3-5-13/h3-4,6-7H,5,13H2,1-2H3/b4-3+. The van der Waals surface area contributed by atoms with Crippen LogP contribution in [0.2, 0.25) is 0 Å². The van der Waals surface area contributed by atoms with Gasteiger partial charge < -0.3 is 10.5 Å². The van der Waals surface area contributed by atoms with E-state index in [2.05, 4.69) is 0 Å². The lowest BCUT2D eigenvalue weighted by Gasteiger charge is -2.05. The quantitative estimate of drug-likeness (QED) is 0.801. The Bertz CT molecular complexity index is 347. The minimum absolute atomic E-state index is 0.226. The molecule has 0 saturated heterocycles. The first-order chi connectivity index (χ1) is 6.69. The lowest BCUT2D eigenvalue weighted by atomic mass is 10.1. The summed E-state index contributed by atoms with van der Waals surface area (Å²) < 4.78 is 18.5. The van der Waals surface area contributed by atoms with Gasteiger partial charge >= 0.3 is 0 Å². The van der Waals surface area contributed by atoms with Crippen LogP contribution in [-0.2, 0) is 0 Å². The van der Waals surface area contributed by atoms with Gasteiger partial charge in [0.15, 0.2) is 0 Å². The van der Waals surface area contributed by atoms with E-state index in [-0.39, 0.29) is 5.82 Å². The average molecular weight is 195 g/mol. The number of ether oxygens (including phenoxy) is 1. The molecular weight excluding hydrogens is 181 g/mol. The van der Waals surface area contributed by atoms with Gasteiger partial charge in [0.2, 0.25) is 0 Å². The fourth-order valence-corrected chi connectivity index (χ4v) is 1.20. The smallest absolute Gasteiger partial charge is 0.133 e. The lowest BCUT2D eigenvalue weighted by molar-refractivity contribution is 0.413. The number of aryl methyl sites for hydroxylation is 1. The first kappa shape index (κ1) is 10.7. The monoisotopic (exact) mass is 195 g/mol. The third-order valence-corrected chi connectivity index (χ3v) is 1.93. The van der Waals surface area contributed by atoms with Crippen LogP contribution in [0.4, 0.5) is 4.39 Å². The summed E-state index contributed by atoms with van der Waals surface area (Å²) >= 11 is 0. The minimum atomic E-state index is -0.226.